The summed E-state index contributed by atoms with van der Waals surface area (Å²) in [5.74, 6) is -2.92. The number of phenols is 1. The van der Waals surface area contributed by atoms with Gasteiger partial charge in [0.15, 0.2) is 0 Å². The van der Waals surface area contributed by atoms with Crippen LogP contribution in [0.2, 0.25) is 0 Å². The first kappa shape index (κ1) is 21.4. The van der Waals surface area contributed by atoms with Gasteiger partial charge in [-0.25, -0.2) is 4.79 Å². The lowest BCUT2D eigenvalue weighted by molar-refractivity contribution is -0.124. The van der Waals surface area contributed by atoms with E-state index in [4.69, 9.17) is 0 Å². The molecule has 0 unspecified atom stereocenters. The minimum Gasteiger partial charge on any atom is -0.507 e. The van der Waals surface area contributed by atoms with E-state index in [2.05, 4.69) is 5.10 Å². The average molecular weight is 454 g/mol. The smallest absolute Gasteiger partial charge is 0.339 e. The van der Waals surface area contributed by atoms with Gasteiger partial charge in [-0.05, 0) is 36.8 Å². The van der Waals surface area contributed by atoms with E-state index in [9.17, 15) is 41.2 Å². The Kier molecular flexibility index (Phi) is 5.14. The minimum atomic E-state index is -4.80. The molecule has 0 saturated carbocycles. The Bertz CT molecular complexity index is 1330. The summed E-state index contributed by atoms with van der Waals surface area (Å²) in [4.78, 5) is 21.9. The van der Waals surface area contributed by atoms with Crippen LogP contribution in [0.5, 0.6) is 5.75 Å². The van der Waals surface area contributed by atoms with Gasteiger partial charge in [-0.2, -0.15) is 21.9 Å². The van der Waals surface area contributed by atoms with Gasteiger partial charge in [0.1, 0.15) is 11.3 Å². The third kappa shape index (κ3) is 3.77. The van der Waals surface area contributed by atoms with Gasteiger partial charge in [0.2, 0.25) is 0 Å². The molecule has 2 aromatic carbocycles. The highest BCUT2D eigenvalue weighted by Gasteiger charge is 2.36. The van der Waals surface area contributed by atoms with E-state index in [0.717, 1.165) is 24.3 Å². The van der Waals surface area contributed by atoms with Gasteiger partial charge < -0.3 is 10.2 Å². The zero-order valence-corrected chi connectivity index (χ0v) is 16.8. The van der Waals surface area contributed by atoms with Crippen LogP contribution >= 0.6 is 0 Å². The van der Waals surface area contributed by atoms with Crippen molar-refractivity contribution in [1.82, 2.24) is 4.41 Å². The number of carbonyl (C=O) groups is 2. The Labute approximate surface area is 170 Å². The maximum absolute atomic E-state index is 13.1. The van der Waals surface area contributed by atoms with Crippen molar-refractivity contribution in [3.63, 3.8) is 0 Å². The van der Waals surface area contributed by atoms with Crippen molar-refractivity contribution in [2.24, 2.45) is 5.10 Å². The molecule has 0 spiro atoms. The van der Waals surface area contributed by atoms with Crippen molar-refractivity contribution in [3.05, 3.63) is 42.0 Å². The van der Waals surface area contributed by atoms with Crippen molar-refractivity contribution in [1.29, 1.82) is 0 Å². The molecular weight excluding hydrogens is 440 g/mol. The lowest BCUT2D eigenvalue weighted by Crippen LogP contribution is -2.29. The Morgan fingerprint density at radius 2 is 1.77 bits per heavy atom. The van der Waals surface area contributed by atoms with E-state index < -0.39 is 53.1 Å². The number of hydrogen-bond acceptors (Lipinski definition) is 8. The molecule has 158 valence electrons. The molecule has 1 aliphatic heterocycles. The Morgan fingerprint density at radius 1 is 1.10 bits per heavy atom. The molecule has 3 N–H and O–H groups in total. The van der Waals surface area contributed by atoms with E-state index in [0.29, 0.717) is 6.07 Å². The quantitative estimate of drug-likeness (QED) is 0.561. The molecule has 2 aromatic rings. The summed E-state index contributed by atoms with van der Waals surface area (Å²) in [5.41, 5.74) is -0.481. The largest absolute Gasteiger partial charge is 0.507 e. The summed E-state index contributed by atoms with van der Waals surface area (Å²) < 4.78 is 58.8. The van der Waals surface area contributed by atoms with Gasteiger partial charge in [-0.3, -0.25) is 9.35 Å². The van der Waals surface area contributed by atoms with Gasteiger partial charge in [0, 0.05) is 11.3 Å². The standard InChI is InChI=1S/C17H14N2O9S2/c1-9-6-16(21)19(18-9)29(24,25)15-8-11(30(26,27)28)3-4-12(15)10-2-5-14(20)13(7-10)17(22)23/h2-5,7-8,20H,6H2,1H3,(H,22,23)(H,26,27,28). The van der Waals surface area contributed by atoms with Crippen molar-refractivity contribution in [2.75, 3.05) is 0 Å². The van der Waals surface area contributed by atoms with Crippen molar-refractivity contribution >= 4 is 37.7 Å². The highest BCUT2D eigenvalue weighted by molar-refractivity contribution is 7.90. The fraction of sp³-hybridized carbons (Fsp3) is 0.118. The third-order valence-corrected chi connectivity index (χ3v) is 6.66. The fourth-order valence-electron chi connectivity index (χ4n) is 2.80. The molecule has 1 amide bonds. The van der Waals surface area contributed by atoms with E-state index in [1.807, 2.05) is 0 Å². The average Bonchev–Trinajstić information content (AvgIpc) is 2.99. The van der Waals surface area contributed by atoms with Crippen molar-refractivity contribution < 1.29 is 41.2 Å². The van der Waals surface area contributed by atoms with E-state index in [1.165, 1.54) is 13.0 Å². The SMILES string of the molecule is CC1=NN(S(=O)(=O)c2cc(S(=O)(=O)O)ccc2-c2ccc(O)c(C(=O)O)c2)C(=O)C1. The predicted molar refractivity (Wildman–Crippen MR) is 102 cm³/mol. The number of carbonyl (C=O) groups excluding carboxylic acids is 1. The molecule has 30 heavy (non-hydrogen) atoms. The number of benzene rings is 2. The van der Waals surface area contributed by atoms with Gasteiger partial charge in [-0.1, -0.05) is 12.1 Å². The van der Waals surface area contributed by atoms with E-state index in [-0.39, 0.29) is 27.7 Å². The van der Waals surface area contributed by atoms with Crippen LogP contribution in [-0.4, -0.2) is 53.6 Å². The molecule has 1 heterocycles. The number of nitrogens with zero attached hydrogens (tertiary/aromatic N) is 2. The van der Waals surface area contributed by atoms with Gasteiger partial charge in [-0.15, -0.1) is 4.41 Å². The van der Waals surface area contributed by atoms with Gasteiger partial charge >= 0.3 is 5.97 Å². The van der Waals surface area contributed by atoms with Gasteiger partial charge in [0.05, 0.1) is 16.2 Å². The number of carboxylic acid groups (broad SMARTS) is 1. The molecule has 0 atom stereocenters. The molecule has 3 rings (SSSR count). The van der Waals surface area contributed by atoms with Crippen LogP contribution in [0.3, 0.4) is 0 Å². The van der Waals surface area contributed by atoms with Crippen LogP contribution in [-0.2, 0) is 24.9 Å². The highest BCUT2D eigenvalue weighted by Crippen LogP contribution is 2.35. The summed E-state index contributed by atoms with van der Waals surface area (Å²) in [6, 6.07) is 5.81. The second kappa shape index (κ2) is 7.19. The summed E-state index contributed by atoms with van der Waals surface area (Å²) >= 11 is 0. The van der Waals surface area contributed by atoms with Crippen molar-refractivity contribution in [3.8, 4) is 16.9 Å². The molecule has 11 nitrogen and oxygen atoms in total. The second-order valence-electron chi connectivity index (χ2n) is 6.32. The van der Waals surface area contributed by atoms with Crippen LogP contribution in [0.15, 0.2) is 51.3 Å². The van der Waals surface area contributed by atoms with Crippen LogP contribution < -0.4 is 0 Å². The zero-order chi connectivity index (χ0) is 22.4. The first-order chi connectivity index (χ1) is 13.8. The number of aromatic carboxylic acids is 1. The molecular formula is C17H14N2O9S2. The van der Waals surface area contributed by atoms with Gasteiger partial charge in [0.25, 0.3) is 26.0 Å². The Balaban J connectivity index is 2.32. The van der Waals surface area contributed by atoms with E-state index in [1.54, 1.807) is 0 Å². The Hall–Kier alpha value is -3.29. The monoisotopic (exact) mass is 454 g/mol. The second-order valence-corrected chi connectivity index (χ2v) is 9.48. The maximum Gasteiger partial charge on any atom is 0.339 e. The number of sulfonamides is 1. The number of rotatable bonds is 5. The predicted octanol–water partition coefficient (Wildman–Crippen LogP) is 1.30. The molecule has 0 aliphatic carbocycles. The molecule has 0 bridgehead atoms. The molecule has 0 aromatic heterocycles. The van der Waals surface area contributed by atoms with Crippen LogP contribution in [0.1, 0.15) is 23.7 Å². The number of aromatic hydroxyl groups is 1. The third-order valence-electron chi connectivity index (χ3n) is 4.18. The maximum atomic E-state index is 13.1. The lowest BCUT2D eigenvalue weighted by Gasteiger charge is -2.17. The summed E-state index contributed by atoms with van der Waals surface area (Å²) in [6.07, 6.45) is -0.255. The first-order valence-corrected chi connectivity index (χ1v) is 11.0. The normalized spacial score (nSPS) is 14.7. The lowest BCUT2D eigenvalue weighted by atomic mass is 10.0. The van der Waals surface area contributed by atoms with Crippen LogP contribution in [0.25, 0.3) is 11.1 Å². The molecule has 1 aliphatic rings. The summed E-state index contributed by atoms with van der Waals surface area (Å²) in [5, 5.41) is 22.5. The summed E-state index contributed by atoms with van der Waals surface area (Å²) in [7, 11) is -9.51. The molecule has 0 fully saturated rings. The highest BCUT2D eigenvalue weighted by atomic mass is 32.2. The van der Waals surface area contributed by atoms with E-state index >= 15 is 0 Å². The molecule has 0 saturated heterocycles. The fourth-order valence-corrected chi connectivity index (χ4v) is 4.89. The number of hydrogen-bond donors (Lipinski definition) is 3. The number of amides is 1. The van der Waals surface area contributed by atoms with Crippen LogP contribution in [0, 0.1) is 0 Å². The molecule has 13 heteroatoms. The van der Waals surface area contributed by atoms with Crippen molar-refractivity contribution in [2.45, 2.75) is 23.1 Å². The summed E-state index contributed by atoms with van der Waals surface area (Å²) in [6.45, 7) is 1.43. The van der Waals surface area contributed by atoms with Crippen LogP contribution in [0.4, 0.5) is 0 Å². The number of carboxylic acids is 1. The number of hydrazone groups is 1. The molecule has 0 radical (unpaired) electrons. The Morgan fingerprint density at radius 3 is 2.30 bits per heavy atom. The zero-order valence-electron chi connectivity index (χ0n) is 15.2. The topological polar surface area (TPSA) is 179 Å². The first-order valence-electron chi connectivity index (χ1n) is 8.13. The minimum absolute atomic E-state index is 0.00184.